The lowest BCUT2D eigenvalue weighted by Gasteiger charge is -2.32. The molecule has 1 aliphatic heterocycles. The number of aliphatic hydroxyl groups excluding tert-OH is 1. The molecule has 36 heavy (non-hydrogen) atoms. The van der Waals surface area contributed by atoms with E-state index in [1.165, 1.54) is 18.6 Å². The first-order valence-electron chi connectivity index (χ1n) is 11.8. The summed E-state index contributed by atoms with van der Waals surface area (Å²) in [7, 11) is 0. The van der Waals surface area contributed by atoms with E-state index in [9.17, 15) is 18.3 Å². The summed E-state index contributed by atoms with van der Waals surface area (Å²) in [5.74, 6) is -0.341. The molecule has 2 aromatic heterocycles. The molecule has 1 fully saturated rings. The quantitative estimate of drug-likeness (QED) is 0.357. The van der Waals surface area contributed by atoms with Crippen molar-refractivity contribution >= 4 is 0 Å². The molecule has 0 amide bonds. The monoisotopic (exact) mass is 498 g/mol. The molecule has 0 aliphatic carbocycles. The van der Waals surface area contributed by atoms with E-state index in [4.69, 9.17) is 9.05 Å². The standard InChI is InChI=1S/C26H25F3N4O3/c1-16-6-5-13-33(14-16)15-20(34)17-9-11-19(12-10-17)24-30-25(36-32-24)23-21(26(27,28)29)22(31-35-23)18-7-3-2-4-8-18/h2-4,7-12,16,20,34H,5-6,13-15H2,1H3. The van der Waals surface area contributed by atoms with Gasteiger partial charge in [-0.2, -0.15) is 18.2 Å². The molecule has 2 aromatic carbocycles. The van der Waals surface area contributed by atoms with Crippen molar-refractivity contribution in [2.75, 3.05) is 19.6 Å². The topological polar surface area (TPSA) is 88.4 Å². The Hall–Kier alpha value is -3.50. The number of hydrogen-bond donors (Lipinski definition) is 1. The van der Waals surface area contributed by atoms with Gasteiger partial charge < -0.3 is 19.1 Å². The van der Waals surface area contributed by atoms with Crippen LogP contribution in [-0.2, 0) is 6.18 Å². The van der Waals surface area contributed by atoms with Gasteiger partial charge in [-0.15, -0.1) is 0 Å². The van der Waals surface area contributed by atoms with Crippen LogP contribution in [0.2, 0.25) is 0 Å². The van der Waals surface area contributed by atoms with E-state index in [0.29, 0.717) is 18.0 Å². The van der Waals surface area contributed by atoms with Crippen LogP contribution in [0.1, 0.15) is 37.0 Å². The molecule has 1 saturated heterocycles. The zero-order valence-corrected chi connectivity index (χ0v) is 19.6. The summed E-state index contributed by atoms with van der Waals surface area (Å²) in [5.41, 5.74) is 0.105. The predicted octanol–water partition coefficient (Wildman–Crippen LogP) is 5.84. The minimum Gasteiger partial charge on any atom is -0.387 e. The van der Waals surface area contributed by atoms with Crippen molar-refractivity contribution in [3.05, 3.63) is 65.7 Å². The second-order valence-corrected chi connectivity index (χ2v) is 9.17. The highest BCUT2D eigenvalue weighted by Gasteiger charge is 2.43. The third kappa shape index (κ3) is 5.05. The maximum atomic E-state index is 13.9. The largest absolute Gasteiger partial charge is 0.422 e. The summed E-state index contributed by atoms with van der Waals surface area (Å²) in [6, 6.07) is 14.9. The number of rotatable bonds is 6. The lowest BCUT2D eigenvalue weighted by atomic mass is 9.99. The summed E-state index contributed by atoms with van der Waals surface area (Å²) in [4.78, 5) is 6.39. The van der Waals surface area contributed by atoms with Crippen LogP contribution in [0.25, 0.3) is 34.3 Å². The van der Waals surface area contributed by atoms with Gasteiger partial charge in [0.1, 0.15) is 11.3 Å². The van der Waals surface area contributed by atoms with Crippen LogP contribution in [0.4, 0.5) is 13.2 Å². The first-order valence-corrected chi connectivity index (χ1v) is 11.8. The zero-order chi connectivity index (χ0) is 25.3. The molecule has 1 aliphatic rings. The first-order chi connectivity index (χ1) is 17.3. The maximum Gasteiger partial charge on any atom is 0.422 e. The Morgan fingerprint density at radius 2 is 1.78 bits per heavy atom. The third-order valence-electron chi connectivity index (χ3n) is 6.37. The van der Waals surface area contributed by atoms with Gasteiger partial charge in [-0.3, -0.25) is 0 Å². The van der Waals surface area contributed by atoms with Crippen LogP contribution in [-0.4, -0.2) is 44.9 Å². The third-order valence-corrected chi connectivity index (χ3v) is 6.37. The molecular formula is C26H25F3N4O3. The van der Waals surface area contributed by atoms with Gasteiger partial charge in [0, 0.05) is 24.2 Å². The summed E-state index contributed by atoms with van der Waals surface area (Å²) >= 11 is 0. The fourth-order valence-corrected chi connectivity index (χ4v) is 4.58. The number of alkyl halides is 3. The summed E-state index contributed by atoms with van der Waals surface area (Å²) in [5, 5.41) is 18.1. The predicted molar refractivity (Wildman–Crippen MR) is 125 cm³/mol. The van der Waals surface area contributed by atoms with Gasteiger partial charge in [0.25, 0.3) is 5.89 Å². The smallest absolute Gasteiger partial charge is 0.387 e. The van der Waals surface area contributed by atoms with E-state index in [0.717, 1.165) is 25.1 Å². The first kappa shape index (κ1) is 24.2. The van der Waals surface area contributed by atoms with Gasteiger partial charge in [-0.05, 0) is 30.9 Å². The summed E-state index contributed by atoms with van der Waals surface area (Å²) in [6.45, 7) is 4.70. The van der Waals surface area contributed by atoms with Gasteiger partial charge in [-0.25, -0.2) is 0 Å². The van der Waals surface area contributed by atoms with E-state index < -0.39 is 29.5 Å². The van der Waals surface area contributed by atoms with Gasteiger partial charge >= 0.3 is 6.18 Å². The normalized spacial score (nSPS) is 17.9. The fraction of sp³-hybridized carbons (Fsp3) is 0.346. The second-order valence-electron chi connectivity index (χ2n) is 9.17. The number of nitrogens with zero attached hydrogens (tertiary/aromatic N) is 4. The molecule has 2 unspecified atom stereocenters. The average molecular weight is 499 g/mol. The molecule has 1 N–H and O–H groups in total. The summed E-state index contributed by atoms with van der Waals surface area (Å²) < 4.78 is 52.0. The Labute approximate surface area is 205 Å². The maximum absolute atomic E-state index is 13.9. The molecule has 0 spiro atoms. The number of halogens is 3. The molecule has 188 valence electrons. The molecule has 3 heterocycles. The van der Waals surface area contributed by atoms with Crippen LogP contribution >= 0.6 is 0 Å². The van der Waals surface area contributed by atoms with Crippen molar-refractivity contribution in [2.24, 2.45) is 5.92 Å². The number of aliphatic hydroxyl groups is 1. The van der Waals surface area contributed by atoms with Crippen LogP contribution in [0, 0.1) is 5.92 Å². The highest BCUT2D eigenvalue weighted by atomic mass is 19.4. The zero-order valence-electron chi connectivity index (χ0n) is 19.6. The highest BCUT2D eigenvalue weighted by Crippen LogP contribution is 2.43. The molecule has 7 nitrogen and oxygen atoms in total. The number of aromatic nitrogens is 3. The Morgan fingerprint density at radius 1 is 1.03 bits per heavy atom. The van der Waals surface area contributed by atoms with Crippen molar-refractivity contribution in [1.82, 2.24) is 20.2 Å². The second kappa shape index (κ2) is 9.87. The van der Waals surface area contributed by atoms with Crippen molar-refractivity contribution < 1.29 is 27.3 Å². The van der Waals surface area contributed by atoms with Crippen molar-refractivity contribution in [3.63, 3.8) is 0 Å². The van der Waals surface area contributed by atoms with E-state index in [1.807, 2.05) is 0 Å². The van der Waals surface area contributed by atoms with Gasteiger partial charge in [0.05, 0.1) is 6.10 Å². The Morgan fingerprint density at radius 3 is 2.47 bits per heavy atom. The summed E-state index contributed by atoms with van der Waals surface area (Å²) in [6.07, 6.45) is -3.06. The van der Waals surface area contributed by atoms with E-state index in [1.54, 1.807) is 42.5 Å². The van der Waals surface area contributed by atoms with Gasteiger partial charge in [-0.1, -0.05) is 71.8 Å². The van der Waals surface area contributed by atoms with Crippen LogP contribution in [0.3, 0.4) is 0 Å². The molecule has 10 heteroatoms. The van der Waals surface area contributed by atoms with Gasteiger partial charge in [0.15, 0.2) is 0 Å². The van der Waals surface area contributed by atoms with Crippen LogP contribution in [0.15, 0.2) is 63.6 Å². The fourth-order valence-electron chi connectivity index (χ4n) is 4.58. The highest BCUT2D eigenvalue weighted by molar-refractivity contribution is 5.71. The Balaban J connectivity index is 1.37. The van der Waals surface area contributed by atoms with Gasteiger partial charge in [0.2, 0.25) is 11.6 Å². The number of β-amino-alcohol motifs (C(OH)–C–C–N with tert-alkyl or cyclic N) is 1. The number of hydrogen-bond acceptors (Lipinski definition) is 7. The Bertz CT molecular complexity index is 1300. The lowest BCUT2D eigenvalue weighted by Crippen LogP contribution is -2.37. The van der Waals surface area contributed by atoms with E-state index in [-0.39, 0.29) is 17.1 Å². The minimum atomic E-state index is -4.75. The molecular weight excluding hydrogens is 473 g/mol. The van der Waals surface area contributed by atoms with E-state index >= 15 is 0 Å². The molecule has 0 saturated carbocycles. The lowest BCUT2D eigenvalue weighted by molar-refractivity contribution is -0.136. The van der Waals surface area contributed by atoms with Crippen LogP contribution in [0.5, 0.6) is 0 Å². The van der Waals surface area contributed by atoms with Crippen LogP contribution < -0.4 is 0 Å². The van der Waals surface area contributed by atoms with E-state index in [2.05, 4.69) is 27.1 Å². The molecule has 0 bridgehead atoms. The van der Waals surface area contributed by atoms with Crippen molar-refractivity contribution in [1.29, 1.82) is 0 Å². The minimum absolute atomic E-state index is 0.0988. The molecule has 2 atom stereocenters. The Kier molecular flexibility index (Phi) is 6.63. The molecule has 0 radical (unpaired) electrons. The van der Waals surface area contributed by atoms with Crippen molar-refractivity contribution in [2.45, 2.75) is 32.0 Å². The number of benzene rings is 2. The van der Waals surface area contributed by atoms with Crippen molar-refractivity contribution in [3.8, 4) is 34.3 Å². The SMILES string of the molecule is CC1CCCN(CC(O)c2ccc(-c3noc(-c4onc(-c5ccccc5)c4C(F)(F)F)n3)cc2)C1. The average Bonchev–Trinajstić information content (AvgIpc) is 3.52. The molecule has 4 aromatic rings. The number of likely N-dealkylation sites (tertiary alicyclic amines) is 1. The molecule has 5 rings (SSSR count). The number of piperidine rings is 1.